The normalized spacial score (nSPS) is 13.8. The van der Waals surface area contributed by atoms with Gasteiger partial charge in [-0.15, -0.1) is 0 Å². The van der Waals surface area contributed by atoms with Crippen LogP contribution in [-0.4, -0.2) is 17.8 Å². The summed E-state index contributed by atoms with van der Waals surface area (Å²) < 4.78 is 15.8. The van der Waals surface area contributed by atoms with Gasteiger partial charge in [0.15, 0.2) is 0 Å². The molecule has 1 N–H and O–H groups in total. The summed E-state index contributed by atoms with van der Waals surface area (Å²) in [6, 6.07) is 24.4. The van der Waals surface area contributed by atoms with Gasteiger partial charge >= 0.3 is 138 Å². The fraction of sp³-hybridized carbons (Fsp3) is 0.396. The Kier molecular flexibility index (Phi) is 16.3. The van der Waals surface area contributed by atoms with Crippen molar-refractivity contribution in [1.29, 1.82) is 0 Å². The van der Waals surface area contributed by atoms with Gasteiger partial charge < -0.3 is 14.5 Å². The van der Waals surface area contributed by atoms with Crippen LogP contribution in [0, 0.1) is 13.8 Å². The number of aromatic hydroxyl groups is 1. The molecule has 0 atom stereocenters. The maximum Gasteiger partial charge on any atom is -0.0607 e. The van der Waals surface area contributed by atoms with E-state index in [0.29, 0.717) is 15.8 Å². The first-order chi connectivity index (χ1) is 27.3. The number of nitrogens with zero attached hydrogens (tertiary/aromatic N) is 2. The molecule has 0 saturated carbocycles. The Hall–Kier alpha value is -2.12. The number of fused-ring (bicyclic) bond motifs is 2. The molecule has 0 amide bonds. The predicted octanol–water partition coefficient (Wildman–Crippen LogP) is 15.7. The number of aryl methyl sites for hydroxylation is 4. The number of phenolic OH excluding ortho intramolecular Hbond substituents is 1. The predicted molar refractivity (Wildman–Crippen MR) is 253 cm³/mol. The summed E-state index contributed by atoms with van der Waals surface area (Å²) in [7, 11) is -2.08. The van der Waals surface area contributed by atoms with Gasteiger partial charge in [-0.05, 0) is 136 Å². The Morgan fingerprint density at radius 3 is 1.78 bits per heavy atom. The number of hydrogen-bond donors (Lipinski definition) is 1. The number of aromatic nitrogens is 1. The van der Waals surface area contributed by atoms with Crippen LogP contribution in [0.25, 0.3) is 11.1 Å². The van der Waals surface area contributed by atoms with E-state index in [1.165, 1.54) is 53.5 Å². The zero-order valence-corrected chi connectivity index (χ0v) is 43.9. The largest absolute Gasteiger partial charge is 0.665 e. The van der Waals surface area contributed by atoms with E-state index in [1.54, 1.807) is 0 Å². The van der Waals surface area contributed by atoms with Gasteiger partial charge in [-0.2, -0.15) is 11.4 Å². The summed E-state index contributed by atoms with van der Waals surface area (Å²) in [6.45, 7) is 19.9. The summed E-state index contributed by atoms with van der Waals surface area (Å²) in [6.07, 6.45) is 9.05. The van der Waals surface area contributed by atoms with Gasteiger partial charge in [0, 0.05) is 11.1 Å². The van der Waals surface area contributed by atoms with Crippen LogP contribution in [0.15, 0.2) is 85.2 Å². The Bertz CT molecular complexity index is 2260. The molecule has 2 aliphatic carbocycles. The Labute approximate surface area is 383 Å². The number of phenols is 1. The van der Waals surface area contributed by atoms with Gasteiger partial charge in [-0.25, -0.2) is 0 Å². The van der Waals surface area contributed by atoms with E-state index in [0.717, 1.165) is 68.6 Å². The standard InChI is InChI=1S/C26H34Br2O2Si.C10H12.C6H3Cl2N.C6H8N.W/c1-26(2,3)31(4,5)30-25-21(28)15-17-11-7-9-13-19(17)23(25)22-18-12-8-6-10-16(18)14-20(27)24(22)29;1-10(2,3)9-7-5-4-6-8-9;7-4-2-1-3-5(8)6(4)9;1-5-3-4-6(2)7-5;/h14-15,29H,6-13H2,1-5H3;1,4-8H,2-3H3;1-3H;3-4H,1-2H3;/q;;;-1;. The third-order valence-corrected chi connectivity index (χ3v) is 21.1. The molecule has 5 aromatic rings. The Balaban J connectivity index is 0.000000201. The molecule has 0 fully saturated rings. The van der Waals surface area contributed by atoms with Crippen molar-refractivity contribution in [3.05, 3.63) is 131 Å². The van der Waals surface area contributed by atoms with E-state index < -0.39 is 26.2 Å². The van der Waals surface area contributed by atoms with Crippen LogP contribution in [0.4, 0.5) is 5.69 Å². The van der Waals surface area contributed by atoms with Gasteiger partial charge in [0.05, 0.1) is 8.95 Å². The van der Waals surface area contributed by atoms with Gasteiger partial charge in [-0.3, -0.25) is 0 Å². The molecule has 7 rings (SSSR count). The van der Waals surface area contributed by atoms with E-state index in [9.17, 15) is 5.11 Å². The minimum absolute atomic E-state index is 0.0309. The second kappa shape index (κ2) is 20.2. The van der Waals surface area contributed by atoms with E-state index in [2.05, 4.69) is 129 Å². The quantitative estimate of drug-likeness (QED) is 0.172. The van der Waals surface area contributed by atoms with Crippen LogP contribution in [0.1, 0.15) is 99.5 Å². The Morgan fingerprint density at radius 1 is 0.741 bits per heavy atom. The molecule has 4 aromatic carbocycles. The van der Waals surface area contributed by atoms with E-state index in [1.807, 2.05) is 50.2 Å². The average molecular weight is 1140 g/mol. The molecule has 1 aromatic heterocycles. The minimum atomic E-state index is -2.08. The molecule has 4 nitrogen and oxygen atoms in total. The molecule has 0 unspecified atom stereocenters. The van der Waals surface area contributed by atoms with Crippen LogP contribution in [0.2, 0.25) is 28.2 Å². The molecule has 310 valence electrons. The van der Waals surface area contributed by atoms with Gasteiger partial charge in [0.2, 0.25) is 0 Å². The smallest absolute Gasteiger partial charge is 0.0607 e. The summed E-state index contributed by atoms with van der Waals surface area (Å²) in [5.74, 6) is 1.31. The van der Waals surface area contributed by atoms with E-state index in [4.69, 9.17) is 27.6 Å². The van der Waals surface area contributed by atoms with E-state index in [-0.39, 0.29) is 10.5 Å². The van der Waals surface area contributed by atoms with Gasteiger partial charge in [0.1, 0.15) is 11.5 Å². The topological polar surface area (TPSA) is 55.9 Å². The van der Waals surface area contributed by atoms with E-state index >= 15 is 0 Å². The molecular weight excluding hydrogens is 1080 g/mol. The second-order valence-corrected chi connectivity index (χ2v) is 26.9. The van der Waals surface area contributed by atoms with Crippen LogP contribution in [0.3, 0.4) is 0 Å². The number of hydrogen-bond acceptors (Lipinski definition) is 3. The second-order valence-electron chi connectivity index (χ2n) is 17.4. The summed E-state index contributed by atoms with van der Waals surface area (Å²) >= 11 is 18.8. The maximum absolute atomic E-state index is 11.4. The van der Waals surface area contributed by atoms with Gasteiger partial charge in [-0.1, -0.05) is 46.8 Å². The Morgan fingerprint density at radius 2 is 1.26 bits per heavy atom. The molecule has 0 saturated heterocycles. The first-order valence-corrected chi connectivity index (χ1v) is 28.4. The van der Waals surface area contributed by atoms with Crippen molar-refractivity contribution in [2.45, 2.75) is 123 Å². The molecule has 2 aliphatic rings. The first-order valence-electron chi connectivity index (χ1n) is 20.1. The third-order valence-electron chi connectivity index (χ3n) is 11.4. The zero-order chi connectivity index (χ0) is 42.4. The zero-order valence-electron chi connectivity index (χ0n) is 35.3. The van der Waals surface area contributed by atoms with Crippen molar-refractivity contribution < 1.29 is 27.5 Å². The summed E-state index contributed by atoms with van der Waals surface area (Å²) in [5.41, 5.74) is 11.9. The fourth-order valence-corrected chi connectivity index (χ4v) is 12.9. The van der Waals surface area contributed by atoms with Crippen molar-refractivity contribution in [1.82, 2.24) is 4.98 Å². The van der Waals surface area contributed by atoms with Crippen LogP contribution in [0.5, 0.6) is 11.5 Å². The number of benzene rings is 4. The SMILES string of the molecule is CC(C)(C)[Si](C)(C)Oc1c(Br)cc2c(c1-c1c(O)c(Br)cc3c1CCCC3)CCCC2.CC(C)([CH]=[W]=[N]c1c(Cl)cccc1Cl)c1ccccc1.Cc1ccc(C)[n-]1. The molecule has 58 heavy (non-hydrogen) atoms. The molecule has 0 bridgehead atoms. The summed E-state index contributed by atoms with van der Waals surface area (Å²) in [5, 5.41) is 12.7. The van der Waals surface area contributed by atoms with Gasteiger partial charge in [0.25, 0.3) is 8.32 Å². The third kappa shape index (κ3) is 11.6. The van der Waals surface area contributed by atoms with Crippen molar-refractivity contribution >= 4 is 73.5 Å². The maximum atomic E-state index is 11.4. The van der Waals surface area contributed by atoms with Crippen molar-refractivity contribution in [3.63, 3.8) is 0 Å². The molecule has 10 heteroatoms. The van der Waals surface area contributed by atoms with Crippen LogP contribution < -0.4 is 9.41 Å². The van der Waals surface area contributed by atoms with Crippen molar-refractivity contribution in [2.75, 3.05) is 0 Å². The van der Waals surface area contributed by atoms with Crippen molar-refractivity contribution in [3.8, 4) is 22.6 Å². The molecule has 0 radical (unpaired) electrons. The number of rotatable bonds is 6. The minimum Gasteiger partial charge on any atom is -0.665 e. The van der Waals surface area contributed by atoms with Crippen LogP contribution >= 0.6 is 55.1 Å². The monoisotopic (exact) mass is 1130 g/mol. The molecule has 0 aliphatic heterocycles. The first kappa shape index (κ1) is 46.9. The molecule has 0 spiro atoms. The summed E-state index contributed by atoms with van der Waals surface area (Å²) in [4.78, 5) is 4.11. The fourth-order valence-electron chi connectivity index (χ4n) is 7.06. The number of halogens is 4. The van der Waals surface area contributed by atoms with Crippen LogP contribution in [-0.2, 0) is 49.0 Å². The van der Waals surface area contributed by atoms with Crippen molar-refractivity contribution in [2.24, 2.45) is 3.50 Å². The average Bonchev–Trinajstić information content (AvgIpc) is 3.56. The molecular formula is C48H57Br2Cl2N2O2SiW-. The molecule has 1 heterocycles.